The van der Waals surface area contributed by atoms with E-state index in [0.29, 0.717) is 17.9 Å². The highest BCUT2D eigenvalue weighted by Crippen LogP contribution is 2.33. The Balaban J connectivity index is 1.49. The van der Waals surface area contributed by atoms with E-state index in [0.717, 1.165) is 32.5 Å². The van der Waals surface area contributed by atoms with Crippen LogP contribution in [0.1, 0.15) is 38.5 Å². The SMILES string of the molecule is O=C(C1CC1)N1CCCCC1CCN1CCNCC1. The molecule has 4 nitrogen and oxygen atoms in total. The largest absolute Gasteiger partial charge is 0.339 e. The lowest BCUT2D eigenvalue weighted by Crippen LogP contribution is -2.48. The maximum absolute atomic E-state index is 12.3. The van der Waals surface area contributed by atoms with Crippen LogP contribution in [0.2, 0.25) is 0 Å². The Morgan fingerprint density at radius 2 is 1.84 bits per heavy atom. The normalized spacial score (nSPS) is 29.5. The van der Waals surface area contributed by atoms with Crippen molar-refractivity contribution in [1.29, 1.82) is 0 Å². The lowest BCUT2D eigenvalue weighted by molar-refractivity contribution is -0.136. The minimum absolute atomic E-state index is 0.389. The van der Waals surface area contributed by atoms with Gasteiger partial charge in [-0.15, -0.1) is 0 Å². The highest BCUT2D eigenvalue weighted by atomic mass is 16.2. The van der Waals surface area contributed by atoms with Crippen LogP contribution in [0.4, 0.5) is 0 Å². The van der Waals surface area contributed by atoms with E-state index in [2.05, 4.69) is 15.1 Å². The first-order chi connectivity index (χ1) is 9.34. The Labute approximate surface area is 116 Å². The highest BCUT2D eigenvalue weighted by Gasteiger charge is 2.37. The average Bonchev–Trinajstić information content (AvgIpc) is 3.30. The molecule has 19 heavy (non-hydrogen) atoms. The number of nitrogens with one attached hydrogen (secondary N) is 1. The summed E-state index contributed by atoms with van der Waals surface area (Å²) in [4.78, 5) is 17.1. The average molecular weight is 265 g/mol. The molecule has 3 fully saturated rings. The second-order valence-corrected chi connectivity index (χ2v) is 6.34. The number of nitrogens with zero attached hydrogens (tertiary/aromatic N) is 2. The topological polar surface area (TPSA) is 35.6 Å². The molecule has 0 aromatic carbocycles. The molecule has 2 saturated heterocycles. The van der Waals surface area contributed by atoms with Crippen LogP contribution in [0, 0.1) is 5.92 Å². The number of amides is 1. The predicted molar refractivity (Wildman–Crippen MR) is 76.0 cm³/mol. The zero-order valence-corrected chi connectivity index (χ0v) is 11.9. The Hall–Kier alpha value is -0.610. The van der Waals surface area contributed by atoms with E-state index in [4.69, 9.17) is 0 Å². The second kappa shape index (κ2) is 6.23. The van der Waals surface area contributed by atoms with E-state index in [1.54, 1.807) is 0 Å². The number of piperazine rings is 1. The van der Waals surface area contributed by atoms with E-state index in [-0.39, 0.29) is 0 Å². The Bertz CT molecular complexity index is 311. The van der Waals surface area contributed by atoms with E-state index in [1.807, 2.05) is 0 Å². The van der Waals surface area contributed by atoms with Crippen molar-refractivity contribution in [3.63, 3.8) is 0 Å². The number of hydrogen-bond donors (Lipinski definition) is 1. The quantitative estimate of drug-likeness (QED) is 0.826. The molecule has 3 rings (SSSR count). The first-order valence-corrected chi connectivity index (χ1v) is 8.08. The lowest BCUT2D eigenvalue weighted by Gasteiger charge is -2.37. The maximum atomic E-state index is 12.3. The molecule has 1 amide bonds. The highest BCUT2D eigenvalue weighted by molar-refractivity contribution is 5.81. The van der Waals surface area contributed by atoms with Crippen molar-refractivity contribution in [3.8, 4) is 0 Å². The van der Waals surface area contributed by atoms with Crippen molar-refractivity contribution in [2.75, 3.05) is 39.3 Å². The van der Waals surface area contributed by atoms with Gasteiger partial charge in [-0.3, -0.25) is 4.79 Å². The smallest absolute Gasteiger partial charge is 0.225 e. The first kappa shape index (κ1) is 13.4. The van der Waals surface area contributed by atoms with Crippen LogP contribution >= 0.6 is 0 Å². The van der Waals surface area contributed by atoms with Gasteiger partial charge in [-0.25, -0.2) is 0 Å². The van der Waals surface area contributed by atoms with Crippen molar-refractivity contribution in [3.05, 3.63) is 0 Å². The number of piperidine rings is 1. The summed E-state index contributed by atoms with van der Waals surface area (Å²) in [6.45, 7) is 6.76. The third-order valence-corrected chi connectivity index (χ3v) is 4.82. The van der Waals surface area contributed by atoms with E-state index in [9.17, 15) is 4.79 Å². The van der Waals surface area contributed by atoms with Crippen molar-refractivity contribution < 1.29 is 4.79 Å². The molecule has 3 aliphatic rings. The molecule has 1 atom stereocenters. The van der Waals surface area contributed by atoms with Crippen LogP contribution in [-0.2, 0) is 4.79 Å². The van der Waals surface area contributed by atoms with Gasteiger partial charge in [-0.1, -0.05) is 0 Å². The van der Waals surface area contributed by atoms with Gasteiger partial charge in [0, 0.05) is 51.2 Å². The third kappa shape index (κ3) is 3.48. The fraction of sp³-hybridized carbons (Fsp3) is 0.933. The number of hydrogen-bond acceptors (Lipinski definition) is 3. The second-order valence-electron chi connectivity index (χ2n) is 6.34. The van der Waals surface area contributed by atoms with Gasteiger partial charge in [0.15, 0.2) is 0 Å². The fourth-order valence-electron chi connectivity index (χ4n) is 3.42. The molecule has 1 aliphatic carbocycles. The molecule has 0 radical (unpaired) electrons. The summed E-state index contributed by atoms with van der Waals surface area (Å²) < 4.78 is 0. The van der Waals surface area contributed by atoms with Crippen LogP contribution < -0.4 is 5.32 Å². The number of carbonyl (C=O) groups excluding carboxylic acids is 1. The van der Waals surface area contributed by atoms with Gasteiger partial charge in [0.25, 0.3) is 0 Å². The predicted octanol–water partition coefficient (Wildman–Crippen LogP) is 1.07. The number of rotatable bonds is 4. The van der Waals surface area contributed by atoms with Gasteiger partial charge in [0.05, 0.1) is 0 Å². The molecule has 2 heterocycles. The van der Waals surface area contributed by atoms with Crippen molar-refractivity contribution in [2.45, 2.75) is 44.6 Å². The van der Waals surface area contributed by atoms with Gasteiger partial charge in [-0.05, 0) is 38.5 Å². The van der Waals surface area contributed by atoms with Gasteiger partial charge >= 0.3 is 0 Å². The van der Waals surface area contributed by atoms with Crippen LogP contribution in [0.25, 0.3) is 0 Å². The monoisotopic (exact) mass is 265 g/mol. The van der Waals surface area contributed by atoms with Gasteiger partial charge < -0.3 is 15.1 Å². The summed E-state index contributed by atoms with van der Waals surface area (Å²) in [7, 11) is 0. The zero-order valence-electron chi connectivity index (χ0n) is 11.9. The molecular formula is C15H27N3O. The molecular weight excluding hydrogens is 238 g/mol. The molecule has 0 aromatic heterocycles. The van der Waals surface area contributed by atoms with Crippen LogP contribution in [-0.4, -0.2) is 61.0 Å². The van der Waals surface area contributed by atoms with Crippen molar-refractivity contribution >= 4 is 5.91 Å². The maximum Gasteiger partial charge on any atom is 0.225 e. The van der Waals surface area contributed by atoms with Gasteiger partial charge in [0.2, 0.25) is 5.91 Å². The minimum Gasteiger partial charge on any atom is -0.339 e. The Morgan fingerprint density at radius 3 is 2.58 bits per heavy atom. The molecule has 1 saturated carbocycles. The van der Waals surface area contributed by atoms with E-state index < -0.39 is 0 Å². The van der Waals surface area contributed by atoms with E-state index in [1.165, 1.54) is 45.3 Å². The van der Waals surface area contributed by atoms with Crippen LogP contribution in [0.3, 0.4) is 0 Å². The molecule has 0 aromatic rings. The fourth-order valence-corrected chi connectivity index (χ4v) is 3.42. The lowest BCUT2D eigenvalue weighted by atomic mass is 9.98. The van der Waals surface area contributed by atoms with Crippen molar-refractivity contribution in [2.24, 2.45) is 5.92 Å². The molecule has 4 heteroatoms. The number of carbonyl (C=O) groups is 1. The molecule has 0 spiro atoms. The molecule has 2 aliphatic heterocycles. The molecule has 0 bridgehead atoms. The summed E-state index contributed by atoms with van der Waals surface area (Å²) in [5, 5.41) is 3.40. The van der Waals surface area contributed by atoms with Crippen molar-refractivity contribution in [1.82, 2.24) is 15.1 Å². The zero-order chi connectivity index (χ0) is 13.1. The summed E-state index contributed by atoms with van der Waals surface area (Å²) >= 11 is 0. The Kier molecular flexibility index (Phi) is 4.38. The molecule has 1 N–H and O–H groups in total. The molecule has 108 valence electrons. The minimum atomic E-state index is 0.389. The standard InChI is InChI=1S/C15H27N3O/c19-15(13-4-5-13)18-9-2-1-3-14(18)6-10-17-11-7-16-8-12-17/h13-14,16H,1-12H2. The van der Waals surface area contributed by atoms with E-state index >= 15 is 0 Å². The summed E-state index contributed by atoms with van der Waals surface area (Å²) in [6, 6.07) is 0.525. The summed E-state index contributed by atoms with van der Waals surface area (Å²) in [5.41, 5.74) is 0. The van der Waals surface area contributed by atoms with Crippen LogP contribution in [0.5, 0.6) is 0 Å². The van der Waals surface area contributed by atoms with Gasteiger partial charge in [0.1, 0.15) is 0 Å². The Morgan fingerprint density at radius 1 is 1.05 bits per heavy atom. The molecule has 1 unspecified atom stereocenters. The third-order valence-electron chi connectivity index (χ3n) is 4.82. The summed E-state index contributed by atoms with van der Waals surface area (Å²) in [5.74, 6) is 0.852. The van der Waals surface area contributed by atoms with Gasteiger partial charge in [-0.2, -0.15) is 0 Å². The number of likely N-dealkylation sites (tertiary alicyclic amines) is 1. The first-order valence-electron chi connectivity index (χ1n) is 8.08. The summed E-state index contributed by atoms with van der Waals surface area (Å²) in [6.07, 6.45) is 7.20. The van der Waals surface area contributed by atoms with Crippen LogP contribution in [0.15, 0.2) is 0 Å².